The maximum absolute atomic E-state index is 12.6. The summed E-state index contributed by atoms with van der Waals surface area (Å²) in [5.74, 6) is 0.287. The zero-order valence-electron chi connectivity index (χ0n) is 11.0. The molecule has 1 saturated heterocycles. The smallest absolute Gasteiger partial charge is 0.254 e. The van der Waals surface area contributed by atoms with E-state index in [0.29, 0.717) is 11.5 Å². The summed E-state index contributed by atoms with van der Waals surface area (Å²) in [5, 5.41) is 2.70. The number of likely N-dealkylation sites (N-methyl/N-ethyl adjacent to an activating group) is 1. The van der Waals surface area contributed by atoms with Crippen LogP contribution in [0, 0.1) is 5.92 Å². The van der Waals surface area contributed by atoms with Gasteiger partial charge in [-0.15, -0.1) is 0 Å². The van der Waals surface area contributed by atoms with Crippen molar-refractivity contribution in [1.29, 1.82) is 0 Å². The molecule has 1 aliphatic carbocycles. The summed E-state index contributed by atoms with van der Waals surface area (Å²) < 4.78 is 0. The molecule has 4 heteroatoms. The molecule has 4 nitrogen and oxygen atoms in total. The van der Waals surface area contributed by atoms with E-state index in [-0.39, 0.29) is 23.9 Å². The Hall–Kier alpha value is -1.84. The first kappa shape index (κ1) is 12.2. The Morgan fingerprint density at radius 2 is 1.95 bits per heavy atom. The summed E-state index contributed by atoms with van der Waals surface area (Å²) in [7, 11) is 1.64. The van der Waals surface area contributed by atoms with Gasteiger partial charge in [0.2, 0.25) is 5.91 Å². The van der Waals surface area contributed by atoms with Crippen LogP contribution in [0.4, 0.5) is 0 Å². The van der Waals surface area contributed by atoms with Gasteiger partial charge in [-0.1, -0.05) is 18.2 Å². The van der Waals surface area contributed by atoms with Crippen molar-refractivity contribution < 1.29 is 9.59 Å². The fourth-order valence-corrected chi connectivity index (χ4v) is 3.50. The van der Waals surface area contributed by atoms with Gasteiger partial charge < -0.3 is 10.2 Å². The lowest BCUT2D eigenvalue weighted by Crippen LogP contribution is -2.52. The molecule has 1 saturated carbocycles. The summed E-state index contributed by atoms with van der Waals surface area (Å²) in [5.41, 5.74) is 0.670. The van der Waals surface area contributed by atoms with E-state index in [1.807, 2.05) is 35.2 Å². The van der Waals surface area contributed by atoms with E-state index in [0.717, 1.165) is 19.3 Å². The van der Waals surface area contributed by atoms with E-state index >= 15 is 0 Å². The summed E-state index contributed by atoms with van der Waals surface area (Å²) in [6, 6.07) is 9.19. The van der Waals surface area contributed by atoms with E-state index in [1.54, 1.807) is 7.05 Å². The zero-order chi connectivity index (χ0) is 13.4. The second kappa shape index (κ2) is 4.68. The van der Waals surface area contributed by atoms with Crippen molar-refractivity contribution in [1.82, 2.24) is 10.2 Å². The monoisotopic (exact) mass is 258 g/mol. The molecular weight excluding hydrogens is 240 g/mol. The number of nitrogens with zero attached hydrogens (tertiary/aromatic N) is 1. The summed E-state index contributed by atoms with van der Waals surface area (Å²) >= 11 is 0. The highest BCUT2D eigenvalue weighted by Crippen LogP contribution is 2.43. The van der Waals surface area contributed by atoms with Gasteiger partial charge in [-0.2, -0.15) is 0 Å². The first-order valence-corrected chi connectivity index (χ1v) is 6.81. The van der Waals surface area contributed by atoms with E-state index < -0.39 is 0 Å². The molecule has 3 atom stereocenters. The lowest BCUT2D eigenvalue weighted by Gasteiger charge is -2.34. The van der Waals surface area contributed by atoms with Gasteiger partial charge in [-0.3, -0.25) is 9.59 Å². The minimum atomic E-state index is -0.281. The first-order chi connectivity index (χ1) is 9.22. The predicted molar refractivity (Wildman–Crippen MR) is 71.6 cm³/mol. The van der Waals surface area contributed by atoms with Crippen LogP contribution < -0.4 is 5.32 Å². The number of fused-ring (bicyclic) bond motifs is 2. The van der Waals surface area contributed by atoms with Crippen molar-refractivity contribution in [3.63, 3.8) is 0 Å². The fraction of sp³-hybridized carbons (Fsp3) is 0.467. The lowest BCUT2D eigenvalue weighted by molar-refractivity contribution is -0.126. The maximum Gasteiger partial charge on any atom is 0.254 e. The Balaban J connectivity index is 1.90. The molecular formula is C15H18N2O2. The SMILES string of the molecule is CNC(=O)[C@H]1[C@H]2CC[C@@H](C2)N1C(=O)c1ccccc1. The van der Waals surface area contributed by atoms with E-state index in [4.69, 9.17) is 0 Å². The molecule has 1 heterocycles. The van der Waals surface area contributed by atoms with Crippen LogP contribution >= 0.6 is 0 Å². The molecule has 0 unspecified atom stereocenters. The number of piperidine rings is 1. The molecule has 3 rings (SSSR count). The highest BCUT2D eigenvalue weighted by molar-refractivity contribution is 5.98. The molecule has 1 aromatic rings. The van der Waals surface area contributed by atoms with Crippen molar-refractivity contribution in [3.05, 3.63) is 35.9 Å². The number of carbonyl (C=O) groups excluding carboxylic acids is 2. The lowest BCUT2D eigenvalue weighted by atomic mass is 9.97. The first-order valence-electron chi connectivity index (χ1n) is 6.81. The quantitative estimate of drug-likeness (QED) is 0.872. The van der Waals surface area contributed by atoms with Crippen LogP contribution in [0.5, 0.6) is 0 Å². The highest BCUT2D eigenvalue weighted by atomic mass is 16.2. The van der Waals surface area contributed by atoms with Crippen LogP contribution in [0.1, 0.15) is 29.6 Å². The number of likely N-dealkylation sites (tertiary alicyclic amines) is 1. The molecule has 1 aromatic carbocycles. The minimum Gasteiger partial charge on any atom is -0.357 e. The van der Waals surface area contributed by atoms with Crippen LogP contribution in [0.25, 0.3) is 0 Å². The molecule has 2 amide bonds. The molecule has 0 spiro atoms. The number of hydrogen-bond acceptors (Lipinski definition) is 2. The topological polar surface area (TPSA) is 49.4 Å². The average molecular weight is 258 g/mol. The van der Waals surface area contributed by atoms with Crippen molar-refractivity contribution in [3.8, 4) is 0 Å². The van der Waals surface area contributed by atoms with Crippen molar-refractivity contribution in [2.75, 3.05) is 7.05 Å². The van der Waals surface area contributed by atoms with E-state index in [9.17, 15) is 9.59 Å². The minimum absolute atomic E-state index is 0.0126. The Kier molecular flexibility index (Phi) is 3.01. The van der Waals surface area contributed by atoms with Crippen molar-refractivity contribution >= 4 is 11.8 Å². The third-order valence-electron chi connectivity index (χ3n) is 4.36. The van der Waals surface area contributed by atoms with Gasteiger partial charge >= 0.3 is 0 Å². The average Bonchev–Trinajstić information content (AvgIpc) is 3.07. The maximum atomic E-state index is 12.6. The van der Waals surface area contributed by atoms with Crippen LogP contribution in [0.3, 0.4) is 0 Å². The molecule has 0 radical (unpaired) electrons. The number of nitrogens with one attached hydrogen (secondary N) is 1. The largest absolute Gasteiger partial charge is 0.357 e. The van der Waals surface area contributed by atoms with Crippen molar-refractivity contribution in [2.45, 2.75) is 31.3 Å². The molecule has 2 bridgehead atoms. The van der Waals surface area contributed by atoms with Gasteiger partial charge in [0, 0.05) is 18.7 Å². The second-order valence-corrected chi connectivity index (χ2v) is 5.36. The molecule has 100 valence electrons. The van der Waals surface area contributed by atoms with Crippen molar-refractivity contribution in [2.24, 2.45) is 5.92 Å². The van der Waals surface area contributed by atoms with Gasteiger partial charge in [0.05, 0.1) is 0 Å². The van der Waals surface area contributed by atoms with E-state index in [1.165, 1.54) is 0 Å². The summed E-state index contributed by atoms with van der Waals surface area (Å²) in [4.78, 5) is 26.5. The molecule has 2 fully saturated rings. The van der Waals surface area contributed by atoms with Gasteiger partial charge in [0.1, 0.15) is 6.04 Å². The van der Waals surface area contributed by atoms with Crippen LogP contribution in [0.15, 0.2) is 30.3 Å². The van der Waals surface area contributed by atoms with Crippen LogP contribution in [-0.4, -0.2) is 35.8 Å². The Morgan fingerprint density at radius 3 is 2.63 bits per heavy atom. The Bertz CT molecular complexity index is 500. The number of rotatable bonds is 2. The zero-order valence-corrected chi connectivity index (χ0v) is 11.0. The van der Waals surface area contributed by atoms with Gasteiger partial charge in [-0.05, 0) is 37.3 Å². The van der Waals surface area contributed by atoms with Gasteiger partial charge in [0.15, 0.2) is 0 Å². The fourth-order valence-electron chi connectivity index (χ4n) is 3.50. The normalized spacial score (nSPS) is 28.5. The number of benzene rings is 1. The van der Waals surface area contributed by atoms with Crippen LogP contribution in [-0.2, 0) is 4.79 Å². The molecule has 2 aliphatic rings. The number of carbonyl (C=O) groups is 2. The standard InChI is InChI=1S/C15H18N2O2/c1-16-14(18)13-11-7-8-12(9-11)17(13)15(19)10-5-3-2-4-6-10/h2-6,11-13H,7-9H2,1H3,(H,16,18)/t11-,12-,13+/m0/s1. The van der Waals surface area contributed by atoms with Gasteiger partial charge in [0.25, 0.3) is 5.91 Å². The highest BCUT2D eigenvalue weighted by Gasteiger charge is 2.51. The Labute approximate surface area is 112 Å². The third-order valence-corrected chi connectivity index (χ3v) is 4.36. The molecule has 1 aliphatic heterocycles. The molecule has 19 heavy (non-hydrogen) atoms. The third kappa shape index (κ3) is 1.91. The Morgan fingerprint density at radius 1 is 1.21 bits per heavy atom. The predicted octanol–water partition coefficient (Wildman–Crippen LogP) is 1.43. The summed E-state index contributed by atoms with van der Waals surface area (Å²) in [6.07, 6.45) is 3.05. The van der Waals surface area contributed by atoms with E-state index in [2.05, 4.69) is 5.32 Å². The van der Waals surface area contributed by atoms with Crippen LogP contribution in [0.2, 0.25) is 0 Å². The molecule has 1 N–H and O–H groups in total. The molecule has 0 aromatic heterocycles. The summed E-state index contributed by atoms with van der Waals surface area (Å²) in [6.45, 7) is 0. The van der Waals surface area contributed by atoms with Gasteiger partial charge in [-0.25, -0.2) is 0 Å². The second-order valence-electron chi connectivity index (χ2n) is 5.36. The number of hydrogen-bond donors (Lipinski definition) is 1. The number of amides is 2.